The van der Waals surface area contributed by atoms with Gasteiger partial charge in [0.25, 0.3) is 0 Å². The van der Waals surface area contributed by atoms with E-state index < -0.39 is 11.6 Å². The van der Waals surface area contributed by atoms with Crippen molar-refractivity contribution in [2.24, 2.45) is 0 Å². The monoisotopic (exact) mass is 534 g/mol. The lowest BCUT2D eigenvalue weighted by Gasteiger charge is -2.32. The number of ether oxygens (including phenoxy) is 1. The molecule has 2 aliphatic rings. The van der Waals surface area contributed by atoms with Crippen LogP contribution >= 0.6 is 0 Å². The number of benzene rings is 1. The molecular formula is C28H32F2N8O. The molecule has 0 aliphatic carbocycles. The third-order valence-corrected chi connectivity index (χ3v) is 7.38. The molecule has 3 aromatic heterocycles. The Morgan fingerprint density at radius 3 is 2.33 bits per heavy atom. The number of rotatable bonds is 7. The molecule has 0 radical (unpaired) electrons. The number of fused-ring (bicyclic) bond motifs is 1. The highest BCUT2D eigenvalue weighted by molar-refractivity contribution is 5.78. The van der Waals surface area contributed by atoms with Gasteiger partial charge in [0.2, 0.25) is 5.95 Å². The van der Waals surface area contributed by atoms with E-state index in [1.54, 1.807) is 23.2 Å². The minimum absolute atomic E-state index is 0.0673. The number of likely N-dealkylation sites (N-methyl/N-ethyl adjacent to an activating group) is 1. The Hall–Kier alpha value is -3.51. The van der Waals surface area contributed by atoms with Gasteiger partial charge < -0.3 is 19.5 Å². The largest absolute Gasteiger partial charge is 0.379 e. The fourth-order valence-corrected chi connectivity index (χ4v) is 5.01. The van der Waals surface area contributed by atoms with E-state index in [2.05, 4.69) is 37.1 Å². The molecule has 204 valence electrons. The van der Waals surface area contributed by atoms with Crippen molar-refractivity contribution < 1.29 is 13.5 Å². The molecule has 0 atom stereocenters. The van der Waals surface area contributed by atoms with Crippen LogP contribution in [0.1, 0.15) is 11.3 Å². The molecule has 39 heavy (non-hydrogen) atoms. The van der Waals surface area contributed by atoms with E-state index in [1.165, 1.54) is 12.1 Å². The zero-order valence-electron chi connectivity index (χ0n) is 22.0. The van der Waals surface area contributed by atoms with Crippen LogP contribution in [-0.2, 0) is 17.8 Å². The van der Waals surface area contributed by atoms with E-state index >= 15 is 8.78 Å². The molecule has 0 saturated carbocycles. The summed E-state index contributed by atoms with van der Waals surface area (Å²) in [4.78, 5) is 20.4. The third-order valence-electron chi connectivity index (χ3n) is 7.38. The first-order chi connectivity index (χ1) is 19.0. The van der Waals surface area contributed by atoms with Gasteiger partial charge in [0, 0.05) is 75.7 Å². The highest BCUT2D eigenvalue weighted by Crippen LogP contribution is 2.25. The molecule has 2 fully saturated rings. The van der Waals surface area contributed by atoms with Crippen molar-refractivity contribution in [2.75, 3.05) is 64.8 Å². The number of anilines is 2. The number of hydrogen-bond acceptors (Lipinski definition) is 8. The normalized spacial score (nSPS) is 17.6. The summed E-state index contributed by atoms with van der Waals surface area (Å²) >= 11 is 0. The zero-order chi connectivity index (χ0) is 26.8. The molecule has 2 saturated heterocycles. The number of halogens is 2. The van der Waals surface area contributed by atoms with Gasteiger partial charge in [-0.15, -0.1) is 0 Å². The smallest absolute Gasteiger partial charge is 0.229 e. The van der Waals surface area contributed by atoms with Crippen LogP contribution < -0.4 is 5.32 Å². The lowest BCUT2D eigenvalue weighted by Crippen LogP contribution is -2.43. The number of hydrogen-bond donors (Lipinski definition) is 1. The predicted octanol–water partition coefficient (Wildman–Crippen LogP) is 3.42. The lowest BCUT2D eigenvalue weighted by atomic mass is 10.1. The second-order valence-electron chi connectivity index (χ2n) is 10.2. The van der Waals surface area contributed by atoms with E-state index in [9.17, 15) is 0 Å². The highest BCUT2D eigenvalue weighted by atomic mass is 19.1. The van der Waals surface area contributed by atoms with Gasteiger partial charge >= 0.3 is 0 Å². The van der Waals surface area contributed by atoms with Gasteiger partial charge in [-0.1, -0.05) is 0 Å². The number of piperazine rings is 1. The fourth-order valence-electron chi connectivity index (χ4n) is 5.01. The maximum absolute atomic E-state index is 15.1. The van der Waals surface area contributed by atoms with Crippen molar-refractivity contribution in [3.8, 4) is 5.69 Å². The van der Waals surface area contributed by atoms with Crippen LogP contribution in [0, 0.1) is 11.6 Å². The van der Waals surface area contributed by atoms with Crippen LogP contribution in [0.15, 0.2) is 48.9 Å². The van der Waals surface area contributed by atoms with Crippen LogP contribution in [0.2, 0.25) is 0 Å². The lowest BCUT2D eigenvalue weighted by molar-refractivity contribution is 0.0332. The average molecular weight is 535 g/mol. The first-order valence-electron chi connectivity index (χ1n) is 13.3. The van der Waals surface area contributed by atoms with Crippen molar-refractivity contribution in [2.45, 2.75) is 13.1 Å². The molecule has 9 nitrogen and oxygen atoms in total. The van der Waals surface area contributed by atoms with E-state index in [0.717, 1.165) is 49.5 Å². The molecule has 0 bridgehead atoms. The Balaban J connectivity index is 1.18. The number of aromatic nitrogens is 4. The summed E-state index contributed by atoms with van der Waals surface area (Å²) in [5, 5.41) is 3.96. The van der Waals surface area contributed by atoms with Gasteiger partial charge in [0.05, 0.1) is 36.5 Å². The zero-order valence-corrected chi connectivity index (χ0v) is 22.0. The first-order valence-corrected chi connectivity index (χ1v) is 13.3. The van der Waals surface area contributed by atoms with Crippen LogP contribution in [0.5, 0.6) is 0 Å². The van der Waals surface area contributed by atoms with E-state index in [1.807, 2.05) is 23.1 Å². The SMILES string of the molecule is CN1CCN(Cc2ccc(Nc3ncc4ccn(-c5cc(F)c(CN6CCOCC6)c(F)c5)c4n3)cn2)CC1. The second kappa shape index (κ2) is 11.3. The highest BCUT2D eigenvalue weighted by Gasteiger charge is 2.19. The maximum atomic E-state index is 15.1. The Labute approximate surface area is 226 Å². The Morgan fingerprint density at radius 2 is 1.62 bits per heavy atom. The average Bonchev–Trinajstić information content (AvgIpc) is 3.37. The van der Waals surface area contributed by atoms with Crippen molar-refractivity contribution in [3.05, 3.63) is 71.8 Å². The topological polar surface area (TPSA) is 74.6 Å². The van der Waals surface area contributed by atoms with Gasteiger partial charge in [-0.05, 0) is 37.4 Å². The van der Waals surface area contributed by atoms with Crippen molar-refractivity contribution >= 4 is 22.7 Å². The Bertz CT molecular complexity index is 1410. The molecule has 1 aromatic carbocycles. The minimum atomic E-state index is -0.575. The number of nitrogens with one attached hydrogen (secondary N) is 1. The van der Waals surface area contributed by atoms with E-state index in [0.29, 0.717) is 43.6 Å². The van der Waals surface area contributed by atoms with Crippen LogP contribution in [0.4, 0.5) is 20.4 Å². The van der Waals surface area contributed by atoms with Crippen molar-refractivity contribution in [3.63, 3.8) is 0 Å². The van der Waals surface area contributed by atoms with E-state index in [-0.39, 0.29) is 12.1 Å². The van der Waals surface area contributed by atoms with Crippen molar-refractivity contribution in [1.82, 2.24) is 34.2 Å². The molecule has 2 aliphatic heterocycles. The molecule has 1 N–H and O–H groups in total. The van der Waals surface area contributed by atoms with Gasteiger partial charge in [0.15, 0.2) is 0 Å². The fraction of sp³-hybridized carbons (Fsp3) is 0.393. The molecule has 4 aromatic rings. The van der Waals surface area contributed by atoms with Crippen LogP contribution in [-0.4, -0.2) is 93.7 Å². The van der Waals surface area contributed by atoms with Crippen LogP contribution in [0.3, 0.4) is 0 Å². The number of nitrogens with zero attached hydrogens (tertiary/aromatic N) is 7. The van der Waals surface area contributed by atoms with Gasteiger partial charge in [-0.25, -0.2) is 13.8 Å². The maximum Gasteiger partial charge on any atom is 0.229 e. The molecular weight excluding hydrogens is 502 g/mol. The summed E-state index contributed by atoms with van der Waals surface area (Å²) in [7, 11) is 2.15. The second-order valence-corrected chi connectivity index (χ2v) is 10.2. The Morgan fingerprint density at radius 1 is 0.872 bits per heavy atom. The summed E-state index contributed by atoms with van der Waals surface area (Å²) in [6, 6.07) is 8.51. The predicted molar refractivity (Wildman–Crippen MR) is 145 cm³/mol. The summed E-state index contributed by atoms with van der Waals surface area (Å²) in [6.07, 6.45) is 5.21. The van der Waals surface area contributed by atoms with Crippen molar-refractivity contribution in [1.29, 1.82) is 0 Å². The molecule has 0 unspecified atom stereocenters. The molecule has 0 spiro atoms. The summed E-state index contributed by atoms with van der Waals surface area (Å²) in [6.45, 7) is 7.71. The molecule has 5 heterocycles. The standard InChI is InChI=1S/C28H32F2N8O/c1-35-6-8-36(9-7-35)18-22-3-2-21(17-31-22)33-28-32-16-20-4-5-38(27(20)34-28)23-14-25(29)24(26(30)15-23)19-37-10-12-39-13-11-37/h2-5,14-17H,6-13,18-19H2,1H3,(H,32,33,34). The number of pyridine rings is 1. The third kappa shape index (κ3) is 5.91. The summed E-state index contributed by atoms with van der Waals surface area (Å²) in [5.41, 5.74) is 2.76. The molecule has 6 rings (SSSR count). The first kappa shape index (κ1) is 25.8. The quantitative estimate of drug-likeness (QED) is 0.387. The summed E-state index contributed by atoms with van der Waals surface area (Å²) < 4.78 is 37.1. The van der Waals surface area contributed by atoms with Gasteiger partial charge in [-0.3, -0.25) is 14.8 Å². The van der Waals surface area contributed by atoms with Gasteiger partial charge in [-0.2, -0.15) is 4.98 Å². The number of morpholine rings is 1. The summed E-state index contributed by atoms with van der Waals surface area (Å²) in [5.74, 6) is -0.775. The van der Waals surface area contributed by atoms with Gasteiger partial charge in [0.1, 0.15) is 17.3 Å². The minimum Gasteiger partial charge on any atom is -0.379 e. The Kier molecular flexibility index (Phi) is 7.47. The molecule has 0 amide bonds. The van der Waals surface area contributed by atoms with E-state index in [4.69, 9.17) is 4.74 Å². The van der Waals surface area contributed by atoms with Crippen LogP contribution in [0.25, 0.3) is 16.7 Å². The molecule has 11 heteroatoms.